The monoisotopic (exact) mass is 410 g/mol. The largest absolute Gasteiger partial charge is 0.493 e. The van der Waals surface area contributed by atoms with Crippen LogP contribution in [0.4, 0.5) is 5.95 Å². The molecule has 0 spiro atoms. The van der Waals surface area contributed by atoms with Crippen molar-refractivity contribution in [1.29, 1.82) is 0 Å². The van der Waals surface area contributed by atoms with E-state index in [9.17, 15) is 9.90 Å². The van der Waals surface area contributed by atoms with Crippen LogP contribution in [0, 0.1) is 6.92 Å². The maximum Gasteiger partial charge on any atom is 0.326 e. The third-order valence-corrected chi connectivity index (χ3v) is 5.66. The SMILES string of the molecule is Cc1ccsc1CNc1nc(=NC2CC2)n2ncc(=Cc3[nH]c(=O)[nH]c3O)c2n1. The quantitative estimate of drug-likeness (QED) is 0.377. The van der Waals surface area contributed by atoms with Gasteiger partial charge in [0.1, 0.15) is 5.69 Å². The molecule has 1 aliphatic carbocycles. The van der Waals surface area contributed by atoms with E-state index in [1.807, 2.05) is 0 Å². The predicted molar refractivity (Wildman–Crippen MR) is 108 cm³/mol. The van der Waals surface area contributed by atoms with Gasteiger partial charge in [0, 0.05) is 10.1 Å². The molecule has 4 aromatic heterocycles. The third-order valence-electron chi connectivity index (χ3n) is 4.63. The Morgan fingerprint density at radius 2 is 2.28 bits per heavy atom. The Bertz CT molecular complexity index is 1370. The van der Waals surface area contributed by atoms with Crippen LogP contribution in [0.25, 0.3) is 11.7 Å². The summed E-state index contributed by atoms with van der Waals surface area (Å²) in [4.78, 5) is 31.2. The average molecular weight is 410 g/mol. The first-order valence-electron chi connectivity index (χ1n) is 9.16. The number of anilines is 1. The van der Waals surface area contributed by atoms with Gasteiger partial charge in [-0.1, -0.05) is 0 Å². The summed E-state index contributed by atoms with van der Waals surface area (Å²) in [7, 11) is 0. The zero-order valence-corrected chi connectivity index (χ0v) is 16.3. The number of nitrogens with zero attached hydrogens (tertiary/aromatic N) is 5. The molecule has 0 amide bonds. The van der Waals surface area contributed by atoms with Crippen LogP contribution in [0.1, 0.15) is 29.0 Å². The summed E-state index contributed by atoms with van der Waals surface area (Å²) in [6, 6.07) is 2.34. The van der Waals surface area contributed by atoms with Crippen LogP contribution in [0.3, 0.4) is 0 Å². The van der Waals surface area contributed by atoms with Gasteiger partial charge in [-0.05, 0) is 42.9 Å². The van der Waals surface area contributed by atoms with Gasteiger partial charge in [0.15, 0.2) is 5.65 Å². The highest BCUT2D eigenvalue weighted by atomic mass is 32.1. The van der Waals surface area contributed by atoms with Crippen LogP contribution < -0.4 is 21.8 Å². The fourth-order valence-corrected chi connectivity index (χ4v) is 3.75. The number of aromatic nitrogens is 6. The molecule has 4 N–H and O–H groups in total. The minimum absolute atomic E-state index is 0.238. The minimum Gasteiger partial charge on any atom is -0.493 e. The van der Waals surface area contributed by atoms with Gasteiger partial charge in [0.05, 0.1) is 18.8 Å². The number of fused-ring (bicyclic) bond motifs is 1. The van der Waals surface area contributed by atoms with Crippen molar-refractivity contribution in [2.75, 3.05) is 5.32 Å². The highest BCUT2D eigenvalue weighted by Crippen LogP contribution is 2.22. The molecule has 1 aliphatic rings. The molecule has 4 heterocycles. The summed E-state index contributed by atoms with van der Waals surface area (Å²) in [6.45, 7) is 2.68. The molecule has 0 unspecified atom stereocenters. The van der Waals surface area contributed by atoms with Gasteiger partial charge >= 0.3 is 5.69 Å². The fraction of sp³-hybridized carbons (Fsp3) is 0.278. The van der Waals surface area contributed by atoms with E-state index in [1.54, 1.807) is 28.1 Å². The lowest BCUT2D eigenvalue weighted by atomic mass is 10.3. The van der Waals surface area contributed by atoms with Gasteiger partial charge in [-0.3, -0.25) is 4.98 Å². The first-order chi connectivity index (χ1) is 14.1. The number of aromatic amines is 2. The van der Waals surface area contributed by atoms with E-state index >= 15 is 0 Å². The van der Waals surface area contributed by atoms with E-state index in [-0.39, 0.29) is 17.6 Å². The van der Waals surface area contributed by atoms with Gasteiger partial charge in [-0.25, -0.2) is 9.79 Å². The van der Waals surface area contributed by atoms with Gasteiger partial charge in [0.25, 0.3) is 5.62 Å². The van der Waals surface area contributed by atoms with Crippen molar-refractivity contribution in [3.05, 3.63) is 55.1 Å². The number of hydrogen-bond acceptors (Lipinski definition) is 8. The molecule has 29 heavy (non-hydrogen) atoms. The van der Waals surface area contributed by atoms with Crippen molar-refractivity contribution in [2.45, 2.75) is 32.4 Å². The zero-order valence-electron chi connectivity index (χ0n) is 15.5. The van der Waals surface area contributed by atoms with E-state index in [2.05, 4.69) is 53.7 Å². The molecule has 0 aromatic carbocycles. The highest BCUT2D eigenvalue weighted by molar-refractivity contribution is 7.10. The average Bonchev–Trinajstić information content (AvgIpc) is 3.11. The van der Waals surface area contributed by atoms with Crippen molar-refractivity contribution >= 4 is 29.0 Å². The van der Waals surface area contributed by atoms with Gasteiger partial charge < -0.3 is 15.4 Å². The van der Waals surface area contributed by atoms with Crippen LogP contribution in [-0.2, 0) is 6.54 Å². The molecule has 148 valence electrons. The lowest BCUT2D eigenvalue weighted by Crippen LogP contribution is -2.24. The second-order valence-corrected chi connectivity index (χ2v) is 7.91. The Hall–Kier alpha value is -3.47. The number of thiophene rings is 1. The summed E-state index contributed by atoms with van der Waals surface area (Å²) in [5.74, 6) is 0.212. The Balaban J connectivity index is 1.62. The zero-order chi connectivity index (χ0) is 20.0. The van der Waals surface area contributed by atoms with Crippen molar-refractivity contribution in [2.24, 2.45) is 4.99 Å². The molecule has 0 atom stereocenters. The van der Waals surface area contributed by atoms with E-state index < -0.39 is 5.69 Å². The minimum atomic E-state index is -0.488. The summed E-state index contributed by atoms with van der Waals surface area (Å²) in [6.07, 6.45) is 5.30. The lowest BCUT2D eigenvalue weighted by Gasteiger charge is -2.05. The van der Waals surface area contributed by atoms with E-state index in [4.69, 9.17) is 0 Å². The molecule has 1 saturated carbocycles. The molecule has 0 radical (unpaired) electrons. The van der Waals surface area contributed by atoms with Crippen molar-refractivity contribution in [3.63, 3.8) is 0 Å². The number of rotatable bonds is 5. The Morgan fingerprint density at radius 1 is 1.41 bits per heavy atom. The molecule has 0 saturated heterocycles. The first-order valence-corrected chi connectivity index (χ1v) is 10.0. The number of H-pyrrole nitrogens is 2. The van der Waals surface area contributed by atoms with Crippen LogP contribution in [0.5, 0.6) is 5.88 Å². The summed E-state index contributed by atoms with van der Waals surface area (Å²) in [5, 5.41) is 20.2. The number of aryl methyl sites for hydroxylation is 1. The molecule has 4 aromatic rings. The molecule has 1 fully saturated rings. The second-order valence-electron chi connectivity index (χ2n) is 6.91. The maximum atomic E-state index is 11.4. The standard InChI is InChI=1S/C18H18N8O2S/c1-9-4-5-29-13(9)8-19-16-23-14-10(6-12-15(27)24-18(28)22-12)7-20-26(14)17(25-16)21-11-2-3-11/h4-7,11,27H,2-3,8H2,1H3,(H,19,21,25)(H2,22,24,28). The van der Waals surface area contributed by atoms with Crippen molar-refractivity contribution < 1.29 is 5.11 Å². The molecule has 11 heteroatoms. The normalized spacial score (nSPS) is 15.5. The molecule has 0 aliphatic heterocycles. The topological polar surface area (TPSA) is 136 Å². The second kappa shape index (κ2) is 6.85. The lowest BCUT2D eigenvalue weighted by molar-refractivity contribution is 0.454. The molecular formula is C18H18N8O2S. The van der Waals surface area contributed by atoms with Crippen LogP contribution in [-0.4, -0.2) is 40.7 Å². The van der Waals surface area contributed by atoms with Crippen LogP contribution in [0.15, 0.2) is 27.4 Å². The van der Waals surface area contributed by atoms with E-state index in [1.165, 1.54) is 10.4 Å². The van der Waals surface area contributed by atoms with Crippen LogP contribution in [0.2, 0.25) is 0 Å². The Kier molecular flexibility index (Phi) is 4.16. The molecule has 0 bridgehead atoms. The third kappa shape index (κ3) is 3.51. The maximum absolute atomic E-state index is 11.4. The number of hydrogen-bond donors (Lipinski definition) is 4. The predicted octanol–water partition coefficient (Wildman–Crippen LogP) is 0.439. The highest BCUT2D eigenvalue weighted by Gasteiger charge is 2.21. The summed E-state index contributed by atoms with van der Waals surface area (Å²) in [5.41, 5.74) is 2.00. The number of nitrogens with one attached hydrogen (secondary N) is 3. The first kappa shape index (κ1) is 17.6. The summed E-state index contributed by atoms with van der Waals surface area (Å²) < 4.78 is 1.58. The number of aromatic hydroxyl groups is 1. The Labute approximate surface area is 167 Å². The smallest absolute Gasteiger partial charge is 0.326 e. The molecular weight excluding hydrogens is 392 g/mol. The van der Waals surface area contributed by atoms with Gasteiger partial charge in [-0.2, -0.15) is 19.6 Å². The van der Waals surface area contributed by atoms with E-state index in [0.717, 1.165) is 12.8 Å². The number of imidazole rings is 1. The molecule has 10 nitrogen and oxygen atoms in total. The van der Waals surface area contributed by atoms with Crippen molar-refractivity contribution in [1.82, 2.24) is 29.5 Å². The summed E-state index contributed by atoms with van der Waals surface area (Å²) >= 11 is 1.68. The fourth-order valence-electron chi connectivity index (χ4n) is 2.90. The Morgan fingerprint density at radius 3 is 2.97 bits per heavy atom. The van der Waals surface area contributed by atoms with Gasteiger partial charge in [0.2, 0.25) is 11.8 Å². The van der Waals surface area contributed by atoms with Crippen LogP contribution >= 0.6 is 11.3 Å². The van der Waals surface area contributed by atoms with Crippen molar-refractivity contribution in [3.8, 4) is 5.88 Å². The van der Waals surface area contributed by atoms with Gasteiger partial charge in [-0.15, -0.1) is 11.3 Å². The molecule has 5 rings (SSSR count). The van der Waals surface area contributed by atoms with E-state index in [0.29, 0.717) is 29.0 Å².